The Balaban J connectivity index is 1.95. The van der Waals surface area contributed by atoms with Gasteiger partial charge < -0.3 is 19.5 Å². The van der Waals surface area contributed by atoms with Crippen molar-refractivity contribution in [2.24, 2.45) is 11.8 Å². The van der Waals surface area contributed by atoms with Gasteiger partial charge in [-0.05, 0) is 25.5 Å². The minimum Gasteiger partial charge on any atom is -0.453 e. The molecule has 0 unspecified atom stereocenters. The lowest BCUT2D eigenvalue weighted by Gasteiger charge is -2.53. The summed E-state index contributed by atoms with van der Waals surface area (Å²) in [6.07, 6.45) is 2.13. The SMILES string of the molecule is COCO[C@@H]1[C@H]2C=C(C)C[C@]1(NC(=O)OC)[C@H](CSc1ccccc1)C(=O)C2. The molecule has 1 aromatic carbocycles. The van der Waals surface area contributed by atoms with E-state index in [1.807, 2.05) is 37.3 Å². The molecule has 2 aliphatic rings. The van der Waals surface area contributed by atoms with E-state index in [1.54, 1.807) is 18.9 Å². The molecular formula is C21H27NO5S. The number of carbonyl (C=O) groups is 2. The first kappa shape index (κ1) is 20.9. The maximum atomic E-state index is 13.1. The van der Waals surface area contributed by atoms with E-state index in [0.29, 0.717) is 18.6 Å². The van der Waals surface area contributed by atoms with Gasteiger partial charge in [-0.3, -0.25) is 4.79 Å². The standard InChI is InChI=1S/C21H27NO5S/c1-14-9-15-10-18(23)17(12-28-16-7-5-4-6-8-16)21(11-14,22-20(24)26-3)19(15)27-13-25-2/h4-9,15,17,19H,10-13H2,1-3H3,(H,22,24)/t15-,17+,19+,21-/m0/s1. The Kier molecular flexibility index (Phi) is 6.80. The van der Waals surface area contributed by atoms with E-state index in [0.717, 1.165) is 10.5 Å². The van der Waals surface area contributed by atoms with E-state index in [1.165, 1.54) is 7.11 Å². The Morgan fingerprint density at radius 1 is 1.29 bits per heavy atom. The number of carbonyl (C=O) groups excluding carboxylic acids is 2. The highest BCUT2D eigenvalue weighted by molar-refractivity contribution is 7.99. The third-order valence-corrected chi connectivity index (χ3v) is 6.56. The second-order valence-electron chi connectivity index (χ2n) is 7.35. The molecule has 2 bridgehead atoms. The largest absolute Gasteiger partial charge is 0.453 e. The molecule has 6 nitrogen and oxygen atoms in total. The van der Waals surface area contributed by atoms with Crippen molar-refractivity contribution in [2.75, 3.05) is 26.8 Å². The number of fused-ring (bicyclic) bond motifs is 2. The van der Waals surface area contributed by atoms with Gasteiger partial charge in [0, 0.05) is 30.1 Å². The second-order valence-corrected chi connectivity index (χ2v) is 8.44. The molecular weight excluding hydrogens is 378 g/mol. The summed E-state index contributed by atoms with van der Waals surface area (Å²) in [6, 6.07) is 9.95. The van der Waals surface area contributed by atoms with E-state index >= 15 is 0 Å². The Labute approximate surface area is 170 Å². The number of rotatable bonds is 7. The number of amides is 1. The number of Topliss-reactive ketones (excluding diaryl/α,β-unsaturated/α-hetero) is 1. The number of benzene rings is 1. The van der Waals surface area contributed by atoms with Crippen LogP contribution in [-0.2, 0) is 19.0 Å². The lowest BCUT2D eigenvalue weighted by molar-refractivity contribution is -0.159. The average molecular weight is 406 g/mol. The summed E-state index contributed by atoms with van der Waals surface area (Å²) in [6.45, 7) is 2.13. The monoisotopic (exact) mass is 405 g/mol. The first-order valence-electron chi connectivity index (χ1n) is 9.34. The Hall–Kier alpha value is -1.83. The van der Waals surface area contributed by atoms with Crippen molar-refractivity contribution >= 4 is 23.6 Å². The number of nitrogens with one attached hydrogen (secondary N) is 1. The van der Waals surface area contributed by atoms with Crippen LogP contribution in [0, 0.1) is 11.8 Å². The quantitative estimate of drug-likeness (QED) is 0.426. The van der Waals surface area contributed by atoms with Gasteiger partial charge in [-0.2, -0.15) is 0 Å². The fraction of sp³-hybridized carbons (Fsp3) is 0.524. The van der Waals surface area contributed by atoms with Crippen molar-refractivity contribution in [3.63, 3.8) is 0 Å². The normalized spacial score (nSPS) is 29.2. The van der Waals surface area contributed by atoms with Crippen LogP contribution in [0.3, 0.4) is 0 Å². The molecule has 7 heteroatoms. The van der Waals surface area contributed by atoms with Gasteiger partial charge in [-0.1, -0.05) is 29.8 Å². The van der Waals surface area contributed by atoms with Crippen LogP contribution in [0.25, 0.3) is 0 Å². The third-order valence-electron chi connectivity index (χ3n) is 5.46. The minimum absolute atomic E-state index is 0.0912. The predicted octanol–water partition coefficient (Wildman–Crippen LogP) is 3.42. The number of methoxy groups -OCH3 is 2. The lowest BCUT2D eigenvalue weighted by atomic mass is 9.60. The van der Waals surface area contributed by atoms with Gasteiger partial charge in [0.05, 0.1) is 24.7 Å². The van der Waals surface area contributed by atoms with Gasteiger partial charge in [0.2, 0.25) is 0 Å². The van der Waals surface area contributed by atoms with Crippen LogP contribution in [0.15, 0.2) is 46.9 Å². The highest BCUT2D eigenvalue weighted by Gasteiger charge is 2.58. The molecule has 28 heavy (non-hydrogen) atoms. The Morgan fingerprint density at radius 3 is 2.71 bits per heavy atom. The van der Waals surface area contributed by atoms with Crippen LogP contribution < -0.4 is 5.32 Å². The summed E-state index contributed by atoms with van der Waals surface area (Å²) < 4.78 is 16.1. The highest BCUT2D eigenvalue weighted by atomic mass is 32.2. The molecule has 0 spiro atoms. The van der Waals surface area contributed by atoms with E-state index in [-0.39, 0.29) is 24.6 Å². The predicted molar refractivity (Wildman–Crippen MR) is 107 cm³/mol. The molecule has 152 valence electrons. The molecule has 0 radical (unpaired) electrons. The number of alkyl carbamates (subject to hydrolysis) is 1. The fourth-order valence-corrected chi connectivity index (χ4v) is 5.59. The average Bonchev–Trinajstić information content (AvgIpc) is 2.67. The zero-order valence-electron chi connectivity index (χ0n) is 16.5. The number of ether oxygens (including phenoxy) is 3. The van der Waals surface area contributed by atoms with Crippen molar-refractivity contribution in [2.45, 2.75) is 36.3 Å². The molecule has 1 N–H and O–H groups in total. The summed E-state index contributed by atoms with van der Waals surface area (Å²) in [5.74, 6) is 0.218. The molecule has 1 amide bonds. The van der Waals surface area contributed by atoms with E-state index in [9.17, 15) is 9.59 Å². The van der Waals surface area contributed by atoms with Gasteiger partial charge in [0.15, 0.2) is 0 Å². The molecule has 4 atom stereocenters. The molecule has 2 aliphatic carbocycles. The van der Waals surface area contributed by atoms with Crippen molar-refractivity contribution in [1.29, 1.82) is 0 Å². The topological polar surface area (TPSA) is 73.9 Å². The third kappa shape index (κ3) is 4.26. The van der Waals surface area contributed by atoms with Gasteiger partial charge in [0.1, 0.15) is 12.6 Å². The van der Waals surface area contributed by atoms with Crippen LogP contribution >= 0.6 is 11.8 Å². The minimum atomic E-state index is -0.855. The van der Waals surface area contributed by atoms with Gasteiger partial charge >= 0.3 is 6.09 Å². The van der Waals surface area contributed by atoms with Crippen molar-refractivity contribution < 1.29 is 23.8 Å². The molecule has 0 aliphatic heterocycles. The van der Waals surface area contributed by atoms with Crippen LogP contribution in [-0.4, -0.2) is 50.3 Å². The Morgan fingerprint density at radius 2 is 2.04 bits per heavy atom. The zero-order valence-corrected chi connectivity index (χ0v) is 17.3. The maximum absolute atomic E-state index is 13.1. The summed E-state index contributed by atoms with van der Waals surface area (Å²) in [7, 11) is 2.90. The van der Waals surface area contributed by atoms with Crippen molar-refractivity contribution in [3.05, 3.63) is 42.0 Å². The molecule has 0 aromatic heterocycles. The molecule has 1 saturated carbocycles. The van der Waals surface area contributed by atoms with Crippen LogP contribution in [0.2, 0.25) is 0 Å². The molecule has 1 aromatic rings. The molecule has 3 rings (SSSR count). The van der Waals surface area contributed by atoms with Crippen LogP contribution in [0.1, 0.15) is 19.8 Å². The van der Waals surface area contributed by atoms with Gasteiger partial charge in [-0.15, -0.1) is 11.8 Å². The maximum Gasteiger partial charge on any atom is 0.407 e. The number of hydrogen-bond acceptors (Lipinski definition) is 6. The smallest absolute Gasteiger partial charge is 0.407 e. The van der Waals surface area contributed by atoms with Gasteiger partial charge in [-0.25, -0.2) is 4.79 Å². The number of thioether (sulfide) groups is 1. The van der Waals surface area contributed by atoms with Gasteiger partial charge in [0.25, 0.3) is 0 Å². The Bertz CT molecular complexity index is 738. The van der Waals surface area contributed by atoms with E-state index in [4.69, 9.17) is 14.2 Å². The summed E-state index contributed by atoms with van der Waals surface area (Å²) in [5.41, 5.74) is 0.285. The lowest BCUT2D eigenvalue weighted by Crippen LogP contribution is -2.70. The van der Waals surface area contributed by atoms with Crippen LogP contribution in [0.5, 0.6) is 0 Å². The number of hydrogen-bond donors (Lipinski definition) is 1. The summed E-state index contributed by atoms with van der Waals surface area (Å²) in [4.78, 5) is 26.5. The number of ketones is 1. The summed E-state index contributed by atoms with van der Waals surface area (Å²) >= 11 is 1.62. The van der Waals surface area contributed by atoms with Crippen molar-refractivity contribution in [1.82, 2.24) is 5.32 Å². The summed E-state index contributed by atoms with van der Waals surface area (Å²) in [5, 5.41) is 3.00. The van der Waals surface area contributed by atoms with Crippen molar-refractivity contribution in [3.8, 4) is 0 Å². The van der Waals surface area contributed by atoms with E-state index < -0.39 is 17.6 Å². The highest BCUT2D eigenvalue weighted by Crippen LogP contribution is 2.47. The fourth-order valence-electron chi connectivity index (χ4n) is 4.40. The molecule has 1 fully saturated rings. The first-order valence-corrected chi connectivity index (χ1v) is 10.3. The second kappa shape index (κ2) is 9.11. The first-order chi connectivity index (χ1) is 13.5. The molecule has 0 heterocycles. The zero-order chi connectivity index (χ0) is 20.1. The van der Waals surface area contributed by atoms with E-state index in [2.05, 4.69) is 11.4 Å². The molecule has 0 saturated heterocycles. The van der Waals surface area contributed by atoms with Crippen LogP contribution in [0.4, 0.5) is 4.79 Å².